The van der Waals surface area contributed by atoms with Crippen LogP contribution in [0.25, 0.3) is 22.1 Å². The third-order valence-corrected chi connectivity index (χ3v) is 4.49. The highest BCUT2D eigenvalue weighted by Crippen LogP contribution is 2.14. The van der Waals surface area contributed by atoms with E-state index in [0.717, 1.165) is 27.6 Å². The number of anilines is 2. The molecule has 0 aliphatic heterocycles. The first-order valence-electron chi connectivity index (χ1n) is 9.43. The summed E-state index contributed by atoms with van der Waals surface area (Å²) in [5, 5.41) is 8.78. The van der Waals surface area contributed by atoms with Crippen molar-refractivity contribution in [3.8, 4) is 0 Å². The number of para-hydroxylation sites is 4. The maximum Gasteiger partial charge on any atom is 0.222 e. The lowest BCUT2D eigenvalue weighted by Crippen LogP contribution is -2.08. The van der Waals surface area contributed by atoms with Gasteiger partial charge in [-0.25, -0.2) is 20.8 Å². The number of hydrogen-bond donors (Lipinski definition) is 4. The van der Waals surface area contributed by atoms with E-state index in [1.807, 2.05) is 78.9 Å². The molecule has 0 fully saturated rings. The Morgan fingerprint density at radius 3 is 1.90 bits per heavy atom. The summed E-state index contributed by atoms with van der Waals surface area (Å²) < 4.78 is 0. The van der Waals surface area contributed by atoms with Crippen LogP contribution in [0.3, 0.4) is 0 Å². The lowest BCUT2D eigenvalue weighted by Gasteiger charge is -2.02. The molecule has 0 atom stereocenters. The van der Waals surface area contributed by atoms with Gasteiger partial charge in [-0.1, -0.05) is 54.6 Å². The molecule has 5 aromatic rings. The summed E-state index contributed by atoms with van der Waals surface area (Å²) in [6, 6.07) is 25.4. The second kappa shape index (κ2) is 7.88. The summed E-state index contributed by atoms with van der Waals surface area (Å²) in [4.78, 5) is 15.3. The molecule has 8 nitrogen and oxygen atoms in total. The van der Waals surface area contributed by atoms with Crippen molar-refractivity contribution in [3.63, 3.8) is 0 Å². The molecule has 8 heteroatoms. The minimum atomic E-state index is 0.559. The van der Waals surface area contributed by atoms with Crippen LogP contribution in [-0.4, -0.2) is 31.9 Å². The molecule has 5 rings (SSSR count). The Kier molecular flexibility index (Phi) is 4.63. The first-order valence-corrected chi connectivity index (χ1v) is 9.43. The van der Waals surface area contributed by atoms with E-state index in [-0.39, 0.29) is 0 Å². The van der Waals surface area contributed by atoms with Crippen molar-refractivity contribution < 1.29 is 0 Å². The van der Waals surface area contributed by atoms with Crippen LogP contribution < -0.4 is 10.9 Å². The molecule has 0 unspecified atom stereocenters. The Balaban J connectivity index is 1.38. The third kappa shape index (κ3) is 3.74. The van der Waals surface area contributed by atoms with Crippen molar-refractivity contribution in [2.45, 2.75) is 0 Å². The minimum absolute atomic E-state index is 0.559. The van der Waals surface area contributed by atoms with Crippen LogP contribution in [0.1, 0.15) is 5.56 Å². The van der Waals surface area contributed by atoms with Gasteiger partial charge in [0.05, 0.1) is 28.3 Å². The van der Waals surface area contributed by atoms with Gasteiger partial charge in [-0.05, 0) is 24.3 Å². The average Bonchev–Trinajstić information content (AvgIpc) is 3.39. The molecule has 0 aliphatic rings. The van der Waals surface area contributed by atoms with Gasteiger partial charge >= 0.3 is 0 Å². The van der Waals surface area contributed by atoms with E-state index in [4.69, 9.17) is 0 Å². The topological polar surface area (TPSA) is 106 Å². The third-order valence-electron chi connectivity index (χ3n) is 4.49. The van der Waals surface area contributed by atoms with Gasteiger partial charge < -0.3 is 9.97 Å². The van der Waals surface area contributed by atoms with Gasteiger partial charge in [-0.15, -0.1) is 0 Å². The van der Waals surface area contributed by atoms with Crippen LogP contribution in [-0.2, 0) is 0 Å². The maximum atomic E-state index is 4.49. The zero-order chi connectivity index (χ0) is 20.2. The zero-order valence-electron chi connectivity index (χ0n) is 15.9. The number of fused-ring (bicyclic) bond motifs is 2. The van der Waals surface area contributed by atoms with Crippen LogP contribution in [0.4, 0.5) is 11.9 Å². The van der Waals surface area contributed by atoms with Crippen molar-refractivity contribution >= 4 is 45.9 Å². The number of nitrogens with one attached hydrogen (secondary N) is 4. The smallest absolute Gasteiger partial charge is 0.222 e. The van der Waals surface area contributed by atoms with E-state index in [1.165, 1.54) is 0 Å². The lowest BCUT2D eigenvalue weighted by molar-refractivity contribution is 1.20. The SMILES string of the molecule is C(=N\Nc1nc2ccccc2[nH]1)/C(=N/Nc1nc2ccccc2[nH]1)c1ccccc1. The number of H-pyrrole nitrogens is 2. The number of hydrazone groups is 2. The second-order valence-corrected chi connectivity index (χ2v) is 6.55. The van der Waals surface area contributed by atoms with E-state index in [2.05, 4.69) is 41.0 Å². The molecule has 0 bridgehead atoms. The van der Waals surface area contributed by atoms with E-state index in [1.54, 1.807) is 6.21 Å². The number of benzene rings is 3. The fraction of sp³-hybridized carbons (Fsp3) is 0. The van der Waals surface area contributed by atoms with Gasteiger partial charge in [0.1, 0.15) is 5.71 Å². The van der Waals surface area contributed by atoms with Crippen LogP contribution in [0.2, 0.25) is 0 Å². The van der Waals surface area contributed by atoms with Gasteiger partial charge in [0, 0.05) is 5.56 Å². The highest BCUT2D eigenvalue weighted by Gasteiger charge is 2.04. The van der Waals surface area contributed by atoms with E-state index in [0.29, 0.717) is 17.6 Å². The Bertz CT molecular complexity index is 1280. The van der Waals surface area contributed by atoms with Crippen molar-refractivity contribution in [1.82, 2.24) is 19.9 Å². The van der Waals surface area contributed by atoms with Crippen LogP contribution >= 0.6 is 0 Å². The fourth-order valence-corrected chi connectivity index (χ4v) is 3.06. The average molecular weight is 394 g/mol. The molecular weight excluding hydrogens is 376 g/mol. The van der Waals surface area contributed by atoms with Crippen LogP contribution in [0.5, 0.6) is 0 Å². The quantitative estimate of drug-likeness (QED) is 0.254. The second-order valence-electron chi connectivity index (χ2n) is 6.55. The van der Waals surface area contributed by atoms with E-state index < -0.39 is 0 Å². The predicted octanol–water partition coefficient (Wildman–Crippen LogP) is 4.35. The van der Waals surface area contributed by atoms with Crippen molar-refractivity contribution in [3.05, 3.63) is 84.4 Å². The summed E-state index contributed by atoms with van der Waals surface area (Å²) in [7, 11) is 0. The highest BCUT2D eigenvalue weighted by atomic mass is 15.4. The zero-order valence-corrected chi connectivity index (χ0v) is 15.9. The largest absolute Gasteiger partial charge is 0.323 e. The Hall–Kier alpha value is -4.46. The van der Waals surface area contributed by atoms with Gasteiger partial charge in [-0.3, -0.25) is 0 Å². The first-order chi connectivity index (χ1) is 14.8. The standard InChI is InChI=1S/C22H18N8/c1-2-8-15(9-3-1)20(28-30-22-26-18-12-6-7-13-19(18)27-22)14-23-29-21-24-16-10-4-5-11-17(16)25-21/h1-14H,(H2,24,25,29)(H2,26,27,30)/b23-14+,28-20-. The van der Waals surface area contributed by atoms with Crippen molar-refractivity contribution in [2.75, 3.05) is 10.9 Å². The number of aromatic amines is 2. The molecule has 0 spiro atoms. The van der Waals surface area contributed by atoms with E-state index >= 15 is 0 Å². The predicted molar refractivity (Wildman–Crippen MR) is 121 cm³/mol. The summed E-state index contributed by atoms with van der Waals surface area (Å²) in [6.07, 6.45) is 1.64. The number of imidazole rings is 2. The van der Waals surface area contributed by atoms with Crippen molar-refractivity contribution in [2.24, 2.45) is 10.2 Å². The van der Waals surface area contributed by atoms with Crippen LogP contribution in [0.15, 0.2) is 89.1 Å². The molecule has 0 saturated heterocycles. The van der Waals surface area contributed by atoms with Gasteiger partial charge in [0.15, 0.2) is 0 Å². The molecule has 146 valence electrons. The number of nitrogens with zero attached hydrogens (tertiary/aromatic N) is 4. The van der Waals surface area contributed by atoms with E-state index in [9.17, 15) is 0 Å². The molecule has 0 saturated carbocycles. The molecule has 0 radical (unpaired) electrons. The summed E-state index contributed by atoms with van der Waals surface area (Å²) in [5.74, 6) is 1.12. The highest BCUT2D eigenvalue weighted by molar-refractivity contribution is 6.38. The molecule has 4 N–H and O–H groups in total. The lowest BCUT2D eigenvalue weighted by atomic mass is 10.1. The molecule has 2 aromatic heterocycles. The minimum Gasteiger partial charge on any atom is -0.323 e. The normalized spacial score (nSPS) is 12.1. The summed E-state index contributed by atoms with van der Waals surface area (Å²) in [5.41, 5.74) is 11.1. The molecule has 3 aromatic carbocycles. The molecular formula is C22H18N8. The summed E-state index contributed by atoms with van der Waals surface area (Å²) in [6.45, 7) is 0. The Labute approximate surface area is 171 Å². The number of rotatable bonds is 6. The molecule has 0 amide bonds. The number of hydrogen-bond acceptors (Lipinski definition) is 6. The molecule has 0 aliphatic carbocycles. The molecule has 2 heterocycles. The molecule has 30 heavy (non-hydrogen) atoms. The Morgan fingerprint density at radius 1 is 0.700 bits per heavy atom. The van der Waals surface area contributed by atoms with Gasteiger partial charge in [0.25, 0.3) is 0 Å². The Morgan fingerprint density at radius 2 is 1.27 bits per heavy atom. The first kappa shape index (κ1) is 17.6. The monoisotopic (exact) mass is 394 g/mol. The van der Waals surface area contributed by atoms with Gasteiger partial charge in [-0.2, -0.15) is 10.2 Å². The summed E-state index contributed by atoms with van der Waals surface area (Å²) >= 11 is 0. The fourth-order valence-electron chi connectivity index (χ4n) is 3.06. The van der Waals surface area contributed by atoms with Crippen molar-refractivity contribution in [1.29, 1.82) is 0 Å². The maximum absolute atomic E-state index is 4.49. The van der Waals surface area contributed by atoms with Crippen LogP contribution in [0, 0.1) is 0 Å². The number of aromatic nitrogens is 4. The van der Waals surface area contributed by atoms with Gasteiger partial charge in [0.2, 0.25) is 11.9 Å².